The van der Waals surface area contributed by atoms with Gasteiger partial charge >= 0.3 is 5.97 Å². The highest BCUT2D eigenvalue weighted by Gasteiger charge is 2.29. The fraction of sp³-hybridized carbons (Fsp3) is 0.323. The standard InChI is InChI=1S/C31H35N3O5/c1-20-12-14-24-26(18-20)39-27-19-21(34(16-6-10-28(35)32-2)17-7-11-29(36)33-3)13-15-25(27)30(24)22-8-4-5-9-23(22)31(37)38/h4-5,8-9,12-15,18-20H,6-7,10-11,16-17H2,1-3H3,(H,32,35)(H,33,36)(H,37,38). The highest BCUT2D eigenvalue weighted by Crippen LogP contribution is 2.45. The van der Waals surface area contributed by atoms with Crippen LogP contribution in [0.1, 0.15) is 54.1 Å². The number of carboxylic acid groups (broad SMARTS) is 1. The molecule has 0 saturated heterocycles. The number of anilines is 1. The van der Waals surface area contributed by atoms with Crippen LogP contribution in [-0.2, 0) is 9.59 Å². The van der Waals surface area contributed by atoms with Gasteiger partial charge in [0.05, 0.1) is 5.56 Å². The number of hydrogen-bond acceptors (Lipinski definition) is 5. The fourth-order valence-corrected chi connectivity index (χ4v) is 4.93. The summed E-state index contributed by atoms with van der Waals surface area (Å²) >= 11 is 0. The zero-order valence-electron chi connectivity index (χ0n) is 22.6. The maximum Gasteiger partial charge on any atom is 0.336 e. The normalized spacial score (nSPS) is 15.5. The molecule has 2 aromatic rings. The van der Waals surface area contributed by atoms with Gasteiger partial charge in [-0.1, -0.05) is 37.3 Å². The summed E-state index contributed by atoms with van der Waals surface area (Å²) in [5.74, 6) is 0.508. The second-order valence-electron chi connectivity index (χ2n) is 9.71. The second kappa shape index (κ2) is 12.5. The molecule has 0 radical (unpaired) electrons. The number of nitrogens with one attached hydrogen (secondary N) is 2. The molecule has 0 aromatic heterocycles. The monoisotopic (exact) mass is 529 g/mol. The van der Waals surface area contributed by atoms with Gasteiger partial charge in [-0.25, -0.2) is 4.79 Å². The van der Waals surface area contributed by atoms with E-state index >= 15 is 0 Å². The lowest BCUT2D eigenvalue weighted by Gasteiger charge is -2.30. The van der Waals surface area contributed by atoms with Crippen LogP contribution in [0.5, 0.6) is 5.75 Å². The van der Waals surface area contributed by atoms with Crippen LogP contribution in [0.25, 0.3) is 5.57 Å². The van der Waals surface area contributed by atoms with Crippen LogP contribution in [-0.4, -0.2) is 50.1 Å². The molecule has 0 saturated carbocycles. The van der Waals surface area contributed by atoms with Crippen molar-refractivity contribution >= 4 is 29.0 Å². The van der Waals surface area contributed by atoms with Gasteiger partial charge < -0.3 is 25.4 Å². The average molecular weight is 530 g/mol. The quantitative estimate of drug-likeness (QED) is 0.395. The molecule has 1 unspecified atom stereocenters. The molecule has 1 aliphatic carbocycles. The van der Waals surface area contributed by atoms with E-state index in [1.54, 1.807) is 26.2 Å². The van der Waals surface area contributed by atoms with Gasteiger partial charge in [0.15, 0.2) is 0 Å². The molecule has 204 valence electrons. The zero-order valence-corrected chi connectivity index (χ0v) is 22.6. The summed E-state index contributed by atoms with van der Waals surface area (Å²) < 4.78 is 6.42. The average Bonchev–Trinajstić information content (AvgIpc) is 2.94. The topological polar surface area (TPSA) is 108 Å². The number of carbonyl (C=O) groups is 3. The van der Waals surface area contributed by atoms with Crippen molar-refractivity contribution in [1.29, 1.82) is 0 Å². The van der Waals surface area contributed by atoms with Crippen molar-refractivity contribution in [2.24, 2.45) is 5.92 Å². The van der Waals surface area contributed by atoms with E-state index in [1.807, 2.05) is 42.5 Å². The first-order valence-electron chi connectivity index (χ1n) is 13.3. The third-order valence-corrected chi connectivity index (χ3v) is 6.98. The van der Waals surface area contributed by atoms with Gasteiger partial charge in [-0.05, 0) is 48.6 Å². The highest BCUT2D eigenvalue weighted by molar-refractivity contribution is 6.00. The van der Waals surface area contributed by atoms with E-state index in [0.29, 0.717) is 55.8 Å². The van der Waals surface area contributed by atoms with Gasteiger partial charge in [-0.3, -0.25) is 9.59 Å². The van der Waals surface area contributed by atoms with Crippen molar-refractivity contribution in [2.75, 3.05) is 32.1 Å². The van der Waals surface area contributed by atoms with E-state index in [9.17, 15) is 19.5 Å². The minimum Gasteiger partial charge on any atom is -0.478 e. The van der Waals surface area contributed by atoms with Crippen LogP contribution in [0.15, 0.2) is 72.0 Å². The number of carbonyl (C=O) groups excluding carboxylic acids is 2. The van der Waals surface area contributed by atoms with Crippen molar-refractivity contribution in [2.45, 2.75) is 32.6 Å². The second-order valence-corrected chi connectivity index (χ2v) is 9.71. The summed E-state index contributed by atoms with van der Waals surface area (Å²) in [5, 5.41) is 15.2. The molecule has 4 rings (SSSR count). The summed E-state index contributed by atoms with van der Waals surface area (Å²) in [6.45, 7) is 3.34. The molecular formula is C31H35N3O5. The van der Waals surface area contributed by atoms with Gasteiger partial charge in [-0.15, -0.1) is 0 Å². The Hall–Kier alpha value is -4.33. The first-order chi connectivity index (χ1) is 18.8. The Bertz CT molecular complexity index is 1340. The summed E-state index contributed by atoms with van der Waals surface area (Å²) in [6.07, 6.45) is 8.25. The first kappa shape index (κ1) is 27.7. The molecule has 1 atom stereocenters. The van der Waals surface area contributed by atoms with E-state index in [2.05, 4.69) is 28.5 Å². The molecule has 2 aromatic carbocycles. The molecule has 2 amide bonds. The van der Waals surface area contributed by atoms with Gasteiger partial charge in [0.25, 0.3) is 0 Å². The number of rotatable bonds is 11. The van der Waals surface area contributed by atoms with Crippen LogP contribution in [0.4, 0.5) is 5.69 Å². The summed E-state index contributed by atoms with van der Waals surface area (Å²) in [4.78, 5) is 37.9. The smallest absolute Gasteiger partial charge is 0.336 e. The minimum absolute atomic E-state index is 0.0140. The summed E-state index contributed by atoms with van der Waals surface area (Å²) in [6, 6.07) is 13.0. The number of fused-ring (bicyclic) bond motifs is 2. The van der Waals surface area contributed by atoms with E-state index in [4.69, 9.17) is 4.74 Å². The van der Waals surface area contributed by atoms with E-state index in [1.165, 1.54) is 0 Å². The summed E-state index contributed by atoms with van der Waals surface area (Å²) in [7, 11) is 3.25. The zero-order chi connectivity index (χ0) is 27.9. The highest BCUT2D eigenvalue weighted by atomic mass is 16.5. The predicted octanol–water partition coefficient (Wildman–Crippen LogP) is 4.53. The number of allylic oxidation sites excluding steroid dienone is 3. The first-order valence-corrected chi connectivity index (χ1v) is 13.3. The Morgan fingerprint density at radius 3 is 2.26 bits per heavy atom. The van der Waals surface area contributed by atoms with Crippen molar-refractivity contribution in [3.8, 4) is 5.75 Å². The fourth-order valence-electron chi connectivity index (χ4n) is 4.93. The Balaban J connectivity index is 1.74. The van der Waals surface area contributed by atoms with Gasteiger partial charge in [0, 0.05) is 68.5 Å². The molecule has 0 fully saturated rings. The van der Waals surface area contributed by atoms with Crippen LogP contribution in [0.2, 0.25) is 0 Å². The van der Waals surface area contributed by atoms with Crippen LogP contribution in [0, 0.1) is 5.92 Å². The van der Waals surface area contributed by atoms with Crippen LogP contribution in [0.3, 0.4) is 0 Å². The van der Waals surface area contributed by atoms with E-state index < -0.39 is 5.97 Å². The van der Waals surface area contributed by atoms with Gasteiger partial charge in [0.1, 0.15) is 11.5 Å². The Kier molecular flexibility index (Phi) is 8.86. The molecule has 1 heterocycles. The number of amides is 2. The Labute approximate surface area is 229 Å². The van der Waals surface area contributed by atoms with E-state index in [0.717, 1.165) is 22.4 Å². The van der Waals surface area contributed by atoms with Crippen LogP contribution < -0.4 is 20.3 Å². The lowest BCUT2D eigenvalue weighted by atomic mass is 9.84. The van der Waals surface area contributed by atoms with Crippen molar-refractivity contribution in [1.82, 2.24) is 10.6 Å². The molecule has 1 aliphatic heterocycles. The molecular weight excluding hydrogens is 494 g/mol. The van der Waals surface area contributed by atoms with Gasteiger partial charge in [0.2, 0.25) is 11.8 Å². The Morgan fingerprint density at radius 1 is 0.949 bits per heavy atom. The number of carboxylic acids is 1. The maximum absolute atomic E-state index is 12.1. The molecule has 2 aliphatic rings. The number of aromatic carboxylic acids is 1. The van der Waals surface area contributed by atoms with E-state index in [-0.39, 0.29) is 23.3 Å². The molecule has 3 N–H and O–H groups in total. The number of hydrogen-bond donors (Lipinski definition) is 3. The molecule has 0 bridgehead atoms. The summed E-state index contributed by atoms with van der Waals surface area (Å²) in [5.41, 5.74) is 4.27. The molecule has 8 nitrogen and oxygen atoms in total. The molecule has 0 spiro atoms. The van der Waals surface area contributed by atoms with Crippen molar-refractivity contribution in [3.63, 3.8) is 0 Å². The molecule has 39 heavy (non-hydrogen) atoms. The minimum atomic E-state index is -0.986. The van der Waals surface area contributed by atoms with Crippen molar-refractivity contribution in [3.05, 3.63) is 88.7 Å². The largest absolute Gasteiger partial charge is 0.478 e. The van der Waals surface area contributed by atoms with Gasteiger partial charge in [-0.2, -0.15) is 0 Å². The number of ether oxygens (including phenoxy) is 1. The third-order valence-electron chi connectivity index (χ3n) is 6.98. The SMILES string of the molecule is CNC(=O)CCCN(CCCC(=O)NC)c1ccc2c(c1)OC1=CC(C)C=CC1=C2c1ccccc1C(=O)O. The predicted molar refractivity (Wildman–Crippen MR) is 152 cm³/mol. The maximum atomic E-state index is 12.1. The lowest BCUT2D eigenvalue weighted by Crippen LogP contribution is -2.29. The Morgan fingerprint density at radius 2 is 1.62 bits per heavy atom. The number of nitrogens with zero attached hydrogens (tertiary/aromatic N) is 1. The van der Waals surface area contributed by atoms with Crippen LogP contribution >= 0.6 is 0 Å². The number of benzene rings is 2. The third kappa shape index (κ3) is 6.39. The van der Waals surface area contributed by atoms with Crippen molar-refractivity contribution < 1.29 is 24.2 Å². The lowest BCUT2D eigenvalue weighted by molar-refractivity contribution is -0.121. The molecule has 8 heteroatoms.